The van der Waals surface area contributed by atoms with E-state index in [2.05, 4.69) is 84.6 Å². The Morgan fingerprint density at radius 2 is 1.97 bits per heavy atom. The SMILES string of the molecule is CC(C)CCc1cc(-c2nnc(-c3cccc4c3CCCC4NCc3ncco3)s2)ccc1OC(C)C. The standard InChI is InChI=1S/C30H36N4O2S/c1-19(2)11-12-21-17-22(13-14-27(21)36-20(3)4)29-33-34-30(37-29)25-9-5-8-24-23(25)7-6-10-26(24)32-18-28-31-15-16-35-28/h5,8-9,13-17,19-20,26,32H,6-7,10-12,18H2,1-4H3. The van der Waals surface area contributed by atoms with Crippen LogP contribution in [0.1, 0.15) is 75.6 Å². The number of hydrogen-bond acceptors (Lipinski definition) is 7. The van der Waals surface area contributed by atoms with E-state index in [9.17, 15) is 0 Å². The lowest BCUT2D eigenvalue weighted by molar-refractivity contribution is 0.239. The Morgan fingerprint density at radius 3 is 2.76 bits per heavy atom. The first-order chi connectivity index (χ1) is 18.0. The summed E-state index contributed by atoms with van der Waals surface area (Å²) in [6.07, 6.45) is 8.86. The molecule has 0 bridgehead atoms. The minimum absolute atomic E-state index is 0.148. The van der Waals surface area contributed by atoms with Gasteiger partial charge in [-0.05, 0) is 86.8 Å². The van der Waals surface area contributed by atoms with Gasteiger partial charge in [-0.1, -0.05) is 43.4 Å². The van der Waals surface area contributed by atoms with E-state index in [1.54, 1.807) is 23.8 Å². The Labute approximate surface area is 223 Å². The molecule has 2 heterocycles. The highest BCUT2D eigenvalue weighted by atomic mass is 32.1. The molecule has 6 nitrogen and oxygen atoms in total. The fourth-order valence-electron chi connectivity index (χ4n) is 4.98. The number of nitrogens with zero attached hydrogens (tertiary/aromatic N) is 3. The van der Waals surface area contributed by atoms with Crippen LogP contribution in [0, 0.1) is 5.92 Å². The lowest BCUT2D eigenvalue weighted by Crippen LogP contribution is -2.25. The third-order valence-electron chi connectivity index (χ3n) is 6.81. The molecule has 7 heteroatoms. The van der Waals surface area contributed by atoms with E-state index in [1.807, 2.05) is 0 Å². The van der Waals surface area contributed by atoms with Crippen molar-refractivity contribution < 1.29 is 9.15 Å². The molecule has 2 aromatic carbocycles. The highest BCUT2D eigenvalue weighted by Crippen LogP contribution is 2.39. The van der Waals surface area contributed by atoms with Crippen molar-refractivity contribution in [3.63, 3.8) is 0 Å². The molecule has 2 aromatic heterocycles. The average Bonchev–Trinajstić information content (AvgIpc) is 3.59. The maximum atomic E-state index is 6.11. The molecule has 0 amide bonds. The van der Waals surface area contributed by atoms with Crippen LogP contribution in [0.2, 0.25) is 0 Å². The molecule has 1 aliphatic rings. The Morgan fingerprint density at radius 1 is 1.11 bits per heavy atom. The molecule has 1 N–H and O–H groups in total. The second kappa shape index (κ2) is 11.6. The Kier molecular flexibility index (Phi) is 8.01. The van der Waals surface area contributed by atoms with Crippen LogP contribution in [-0.2, 0) is 19.4 Å². The van der Waals surface area contributed by atoms with E-state index in [-0.39, 0.29) is 12.1 Å². The van der Waals surface area contributed by atoms with E-state index in [1.165, 1.54) is 22.3 Å². The second-order valence-corrected chi connectivity index (χ2v) is 11.4. The number of aromatic nitrogens is 3. The molecule has 0 saturated carbocycles. The third kappa shape index (κ3) is 6.11. The number of ether oxygens (including phenoxy) is 1. The van der Waals surface area contributed by atoms with Crippen LogP contribution in [0.5, 0.6) is 5.75 Å². The first-order valence-electron chi connectivity index (χ1n) is 13.3. The van der Waals surface area contributed by atoms with Crippen molar-refractivity contribution in [2.45, 2.75) is 78.5 Å². The fraction of sp³-hybridized carbons (Fsp3) is 0.433. The van der Waals surface area contributed by atoms with Gasteiger partial charge in [0.25, 0.3) is 0 Å². The number of nitrogens with one attached hydrogen (secondary N) is 1. The van der Waals surface area contributed by atoms with Crippen LogP contribution >= 0.6 is 11.3 Å². The zero-order chi connectivity index (χ0) is 25.8. The van der Waals surface area contributed by atoms with E-state index in [0.717, 1.165) is 59.3 Å². The van der Waals surface area contributed by atoms with Crippen molar-refractivity contribution in [1.82, 2.24) is 20.5 Å². The molecule has 0 radical (unpaired) electrons. The molecule has 5 rings (SSSR count). The number of benzene rings is 2. The predicted molar refractivity (Wildman–Crippen MR) is 149 cm³/mol. The summed E-state index contributed by atoms with van der Waals surface area (Å²) in [6, 6.07) is 13.3. The summed E-state index contributed by atoms with van der Waals surface area (Å²) >= 11 is 1.67. The molecule has 4 aromatic rings. The van der Waals surface area contributed by atoms with Crippen LogP contribution in [0.3, 0.4) is 0 Å². The van der Waals surface area contributed by atoms with Crippen LogP contribution < -0.4 is 10.1 Å². The molecule has 37 heavy (non-hydrogen) atoms. The smallest absolute Gasteiger partial charge is 0.207 e. The molecule has 1 atom stereocenters. The number of fused-ring (bicyclic) bond motifs is 1. The molecule has 1 aliphatic carbocycles. The molecule has 0 aliphatic heterocycles. The van der Waals surface area contributed by atoms with Gasteiger partial charge in [0, 0.05) is 17.2 Å². The van der Waals surface area contributed by atoms with Gasteiger partial charge in [0.2, 0.25) is 5.89 Å². The van der Waals surface area contributed by atoms with Crippen molar-refractivity contribution in [3.8, 4) is 26.9 Å². The molecular formula is C30H36N4O2S. The highest BCUT2D eigenvalue weighted by Gasteiger charge is 2.24. The minimum atomic E-state index is 0.148. The lowest BCUT2D eigenvalue weighted by atomic mass is 9.85. The summed E-state index contributed by atoms with van der Waals surface area (Å²) in [5.41, 5.74) is 6.27. The summed E-state index contributed by atoms with van der Waals surface area (Å²) in [4.78, 5) is 4.25. The van der Waals surface area contributed by atoms with Crippen LogP contribution in [0.25, 0.3) is 21.1 Å². The molecule has 0 spiro atoms. The monoisotopic (exact) mass is 516 g/mol. The largest absolute Gasteiger partial charge is 0.491 e. The molecule has 194 valence electrons. The molecule has 1 unspecified atom stereocenters. The van der Waals surface area contributed by atoms with Crippen molar-refractivity contribution in [1.29, 1.82) is 0 Å². The normalized spacial score (nSPS) is 15.4. The van der Waals surface area contributed by atoms with Gasteiger partial charge >= 0.3 is 0 Å². The summed E-state index contributed by atoms with van der Waals surface area (Å²) in [5, 5.41) is 14.8. The molecular weight excluding hydrogens is 480 g/mol. The van der Waals surface area contributed by atoms with Crippen molar-refractivity contribution in [2.75, 3.05) is 0 Å². The maximum Gasteiger partial charge on any atom is 0.207 e. The Hall–Kier alpha value is -3.03. The van der Waals surface area contributed by atoms with Gasteiger partial charge in [0.05, 0.1) is 18.8 Å². The minimum Gasteiger partial charge on any atom is -0.491 e. The van der Waals surface area contributed by atoms with Gasteiger partial charge in [-0.3, -0.25) is 0 Å². The highest BCUT2D eigenvalue weighted by molar-refractivity contribution is 7.17. The topological polar surface area (TPSA) is 73.1 Å². The second-order valence-electron chi connectivity index (χ2n) is 10.5. The number of oxazole rings is 1. The van der Waals surface area contributed by atoms with Gasteiger partial charge < -0.3 is 14.5 Å². The van der Waals surface area contributed by atoms with E-state index < -0.39 is 0 Å². The fourth-order valence-corrected chi connectivity index (χ4v) is 5.87. The molecule has 0 fully saturated rings. The zero-order valence-corrected chi connectivity index (χ0v) is 23.0. The number of hydrogen-bond donors (Lipinski definition) is 1. The summed E-state index contributed by atoms with van der Waals surface area (Å²) in [7, 11) is 0. The summed E-state index contributed by atoms with van der Waals surface area (Å²) in [5.74, 6) is 2.33. The Bertz CT molecular complexity index is 1310. The first-order valence-corrected chi connectivity index (χ1v) is 14.2. The molecule has 0 saturated heterocycles. The predicted octanol–water partition coefficient (Wildman–Crippen LogP) is 7.40. The van der Waals surface area contributed by atoms with Gasteiger partial charge in [0.15, 0.2) is 0 Å². The van der Waals surface area contributed by atoms with E-state index in [4.69, 9.17) is 9.15 Å². The number of rotatable bonds is 10. The van der Waals surface area contributed by atoms with Gasteiger partial charge in [0.1, 0.15) is 22.0 Å². The van der Waals surface area contributed by atoms with Gasteiger partial charge in [-0.15, -0.1) is 10.2 Å². The number of aryl methyl sites for hydroxylation is 1. The van der Waals surface area contributed by atoms with E-state index in [0.29, 0.717) is 12.5 Å². The van der Waals surface area contributed by atoms with Crippen molar-refractivity contribution in [2.24, 2.45) is 5.92 Å². The van der Waals surface area contributed by atoms with Crippen LogP contribution in [-0.4, -0.2) is 21.3 Å². The lowest BCUT2D eigenvalue weighted by Gasteiger charge is -2.27. The van der Waals surface area contributed by atoms with Gasteiger partial charge in [-0.25, -0.2) is 4.98 Å². The van der Waals surface area contributed by atoms with Gasteiger partial charge in [-0.2, -0.15) is 0 Å². The van der Waals surface area contributed by atoms with Crippen molar-refractivity contribution in [3.05, 3.63) is 71.4 Å². The average molecular weight is 517 g/mol. The maximum absolute atomic E-state index is 6.11. The first kappa shape index (κ1) is 25.6. The zero-order valence-electron chi connectivity index (χ0n) is 22.2. The Balaban J connectivity index is 1.40. The van der Waals surface area contributed by atoms with Crippen LogP contribution in [0.4, 0.5) is 0 Å². The van der Waals surface area contributed by atoms with Crippen LogP contribution in [0.15, 0.2) is 53.3 Å². The third-order valence-corrected chi connectivity index (χ3v) is 7.81. The van der Waals surface area contributed by atoms with Crippen molar-refractivity contribution >= 4 is 11.3 Å². The summed E-state index contributed by atoms with van der Waals surface area (Å²) in [6.45, 7) is 9.30. The van der Waals surface area contributed by atoms with E-state index >= 15 is 0 Å². The quantitative estimate of drug-likeness (QED) is 0.237. The summed E-state index contributed by atoms with van der Waals surface area (Å²) < 4.78 is 11.5.